The van der Waals surface area contributed by atoms with E-state index in [4.69, 9.17) is 10.5 Å². The van der Waals surface area contributed by atoms with Crippen molar-refractivity contribution in [3.8, 4) is 12.1 Å². The van der Waals surface area contributed by atoms with Crippen LogP contribution in [-0.4, -0.2) is 30.1 Å². The minimum absolute atomic E-state index is 0.199. The zero-order chi connectivity index (χ0) is 26.7. The Balaban J connectivity index is 1.79. The fourth-order valence-corrected chi connectivity index (χ4v) is 3.89. The predicted octanol–water partition coefficient (Wildman–Crippen LogP) is 4.44. The van der Waals surface area contributed by atoms with Gasteiger partial charge < -0.3 is 10.6 Å². The van der Waals surface area contributed by atoms with Crippen LogP contribution in [0.2, 0.25) is 0 Å². The lowest BCUT2D eigenvalue weighted by Gasteiger charge is -2.23. The second-order valence-corrected chi connectivity index (χ2v) is 7.94. The second kappa shape index (κ2) is 10.3. The van der Waals surface area contributed by atoms with E-state index >= 15 is 0 Å². The molecule has 2 aromatic rings. The molecular formula is C23H17F6N5O2. The van der Waals surface area contributed by atoms with Crippen molar-refractivity contribution < 1.29 is 35.9 Å². The third-order valence-electron chi connectivity index (χ3n) is 5.52. The predicted molar refractivity (Wildman–Crippen MR) is 114 cm³/mol. The molecule has 3 rings (SSSR count). The van der Waals surface area contributed by atoms with Crippen molar-refractivity contribution in [3.05, 3.63) is 59.2 Å². The summed E-state index contributed by atoms with van der Waals surface area (Å²) in [5.41, 5.74) is -1.85. The van der Waals surface area contributed by atoms with Crippen LogP contribution in [0.1, 0.15) is 35.4 Å². The smallest absolute Gasteiger partial charge is 0.325 e. The highest BCUT2D eigenvalue weighted by Gasteiger charge is 2.52. The summed E-state index contributed by atoms with van der Waals surface area (Å²) in [6.45, 7) is 0. The topological polar surface area (TPSA) is 118 Å². The molecule has 3 unspecified atom stereocenters. The number of benzene rings is 2. The molecule has 3 N–H and O–H groups in total. The monoisotopic (exact) mass is 509 g/mol. The summed E-state index contributed by atoms with van der Waals surface area (Å²) in [4.78, 5) is 24.1. The van der Waals surface area contributed by atoms with Gasteiger partial charge in [-0.1, -0.05) is 6.07 Å². The average Bonchev–Trinajstić information content (AvgIpc) is 3.26. The van der Waals surface area contributed by atoms with Crippen molar-refractivity contribution in [2.24, 2.45) is 0 Å². The first kappa shape index (κ1) is 26.5. The molecule has 36 heavy (non-hydrogen) atoms. The van der Waals surface area contributed by atoms with Gasteiger partial charge in [0.05, 0.1) is 29.3 Å². The van der Waals surface area contributed by atoms with Crippen molar-refractivity contribution in [3.63, 3.8) is 0 Å². The van der Waals surface area contributed by atoms with E-state index in [0.717, 1.165) is 12.1 Å². The Morgan fingerprint density at radius 2 is 1.58 bits per heavy atom. The van der Waals surface area contributed by atoms with Crippen molar-refractivity contribution in [1.82, 2.24) is 5.32 Å². The Kier molecular flexibility index (Phi) is 7.55. The number of amides is 2. The molecule has 1 aliphatic heterocycles. The molecule has 2 aromatic carbocycles. The highest BCUT2D eigenvalue weighted by Crippen LogP contribution is 2.42. The van der Waals surface area contributed by atoms with Gasteiger partial charge in [-0.2, -0.15) is 36.9 Å². The molecule has 0 aromatic heterocycles. The van der Waals surface area contributed by atoms with Crippen LogP contribution in [0.3, 0.4) is 0 Å². The summed E-state index contributed by atoms with van der Waals surface area (Å²) < 4.78 is 81.1. The first-order valence-corrected chi connectivity index (χ1v) is 10.3. The van der Waals surface area contributed by atoms with Gasteiger partial charge in [-0.05, 0) is 48.4 Å². The number of rotatable bonds is 5. The Labute approximate surface area is 200 Å². The Bertz CT molecular complexity index is 1230. The molecule has 188 valence electrons. The lowest BCUT2D eigenvalue weighted by atomic mass is 9.88. The van der Waals surface area contributed by atoms with E-state index in [1.54, 1.807) is 6.07 Å². The molecule has 7 nitrogen and oxygen atoms in total. The SMILES string of the molecule is N#CCC(=O)Nc1ccc(NC(=O)C2CC(c3ccc(C#N)c(C(F)(F)F)c3)C(C(F)(F)F)N2)cc1. The quantitative estimate of drug-likeness (QED) is 0.515. The minimum Gasteiger partial charge on any atom is -0.325 e. The summed E-state index contributed by atoms with van der Waals surface area (Å²) in [5.74, 6) is -2.89. The summed E-state index contributed by atoms with van der Waals surface area (Å²) in [6, 6.07) is 7.32. The molecule has 3 atom stereocenters. The van der Waals surface area contributed by atoms with Crippen molar-refractivity contribution in [2.45, 2.75) is 43.2 Å². The first-order valence-electron chi connectivity index (χ1n) is 10.3. The Morgan fingerprint density at radius 3 is 2.11 bits per heavy atom. The van der Waals surface area contributed by atoms with Crippen molar-refractivity contribution in [2.75, 3.05) is 10.6 Å². The maximum atomic E-state index is 13.7. The van der Waals surface area contributed by atoms with E-state index in [9.17, 15) is 35.9 Å². The number of alkyl halides is 6. The largest absolute Gasteiger partial charge is 0.417 e. The molecule has 0 spiro atoms. The molecule has 1 saturated heterocycles. The van der Waals surface area contributed by atoms with E-state index in [-0.39, 0.29) is 17.7 Å². The molecule has 1 heterocycles. The fourth-order valence-electron chi connectivity index (χ4n) is 3.89. The van der Waals surface area contributed by atoms with Gasteiger partial charge in [0, 0.05) is 17.3 Å². The van der Waals surface area contributed by atoms with Crippen LogP contribution in [0.25, 0.3) is 0 Å². The minimum atomic E-state index is -4.95. The molecule has 0 aliphatic carbocycles. The van der Waals surface area contributed by atoms with Gasteiger partial charge in [0.15, 0.2) is 0 Å². The Hall–Kier alpha value is -4.10. The first-order chi connectivity index (χ1) is 16.8. The number of halogens is 6. The number of hydrogen-bond donors (Lipinski definition) is 3. The van der Waals surface area contributed by atoms with Gasteiger partial charge in [0.1, 0.15) is 12.5 Å². The van der Waals surface area contributed by atoms with Gasteiger partial charge in [0.2, 0.25) is 11.8 Å². The van der Waals surface area contributed by atoms with Gasteiger partial charge in [-0.15, -0.1) is 0 Å². The summed E-state index contributed by atoms with van der Waals surface area (Å²) in [5, 5.41) is 24.5. The van der Waals surface area contributed by atoms with Crippen LogP contribution in [0.15, 0.2) is 42.5 Å². The van der Waals surface area contributed by atoms with E-state index in [1.807, 2.05) is 0 Å². The number of nitrogens with zero attached hydrogens (tertiary/aromatic N) is 2. The van der Waals surface area contributed by atoms with Crippen LogP contribution in [0, 0.1) is 22.7 Å². The molecule has 13 heteroatoms. The number of nitriles is 2. The van der Waals surface area contributed by atoms with Crippen LogP contribution < -0.4 is 16.0 Å². The molecule has 0 bridgehead atoms. The van der Waals surface area contributed by atoms with E-state index in [2.05, 4.69) is 16.0 Å². The van der Waals surface area contributed by atoms with E-state index in [0.29, 0.717) is 11.8 Å². The molecule has 1 aliphatic rings. The highest BCUT2D eigenvalue weighted by atomic mass is 19.4. The summed E-state index contributed by atoms with van der Waals surface area (Å²) in [6.07, 6.45) is -10.6. The number of hydrogen-bond acceptors (Lipinski definition) is 5. The number of nitrogens with one attached hydrogen (secondary N) is 3. The van der Waals surface area contributed by atoms with Crippen LogP contribution in [0.5, 0.6) is 0 Å². The fraction of sp³-hybridized carbons (Fsp3) is 0.304. The van der Waals surface area contributed by atoms with Crippen LogP contribution in [0.4, 0.5) is 37.7 Å². The third kappa shape index (κ3) is 6.12. The molecule has 1 fully saturated rings. The number of carbonyl (C=O) groups is 2. The van der Waals surface area contributed by atoms with Gasteiger partial charge in [0.25, 0.3) is 0 Å². The summed E-state index contributed by atoms with van der Waals surface area (Å²) >= 11 is 0. The molecule has 2 amide bonds. The van der Waals surface area contributed by atoms with Gasteiger partial charge in [-0.25, -0.2) is 0 Å². The zero-order valence-corrected chi connectivity index (χ0v) is 18.2. The normalized spacial score (nSPS) is 19.7. The number of anilines is 2. The average molecular weight is 509 g/mol. The second-order valence-electron chi connectivity index (χ2n) is 7.94. The van der Waals surface area contributed by atoms with Crippen molar-refractivity contribution in [1.29, 1.82) is 10.5 Å². The van der Waals surface area contributed by atoms with Crippen LogP contribution >= 0.6 is 0 Å². The number of carbonyl (C=O) groups excluding carboxylic acids is 2. The standard InChI is InChI=1S/C23H17F6N5O2/c24-22(25,26)17-9-12(1-2-13(17)11-31)16-10-18(34-20(16)23(27,28)29)21(36)33-15-5-3-14(4-6-15)32-19(35)7-8-30/h1-6,9,16,18,20,34H,7,10H2,(H,32,35)(H,33,36). The lowest BCUT2D eigenvalue weighted by Crippen LogP contribution is -2.46. The highest BCUT2D eigenvalue weighted by molar-refractivity contribution is 5.96. The Morgan fingerprint density at radius 1 is 0.972 bits per heavy atom. The van der Waals surface area contributed by atoms with E-state index in [1.165, 1.54) is 30.3 Å². The maximum Gasteiger partial charge on any atom is 0.417 e. The van der Waals surface area contributed by atoms with Crippen molar-refractivity contribution >= 4 is 23.2 Å². The van der Waals surface area contributed by atoms with Gasteiger partial charge >= 0.3 is 12.4 Å². The summed E-state index contributed by atoms with van der Waals surface area (Å²) in [7, 11) is 0. The third-order valence-corrected chi connectivity index (χ3v) is 5.52. The van der Waals surface area contributed by atoms with Crippen LogP contribution in [-0.2, 0) is 15.8 Å². The molecular weight excluding hydrogens is 492 g/mol. The molecule has 0 radical (unpaired) electrons. The molecule has 0 saturated carbocycles. The maximum absolute atomic E-state index is 13.7. The lowest BCUT2D eigenvalue weighted by molar-refractivity contribution is -0.156. The van der Waals surface area contributed by atoms with E-state index < -0.39 is 59.7 Å². The van der Waals surface area contributed by atoms with Gasteiger partial charge in [-0.3, -0.25) is 14.9 Å². The zero-order valence-electron chi connectivity index (χ0n) is 18.2.